The fourth-order valence-corrected chi connectivity index (χ4v) is 2.08. The van der Waals surface area contributed by atoms with Gasteiger partial charge in [-0.25, -0.2) is 0 Å². The third-order valence-electron chi connectivity index (χ3n) is 3.04. The predicted molar refractivity (Wildman–Crippen MR) is 73.5 cm³/mol. The molecule has 0 heterocycles. The lowest BCUT2D eigenvalue weighted by Crippen LogP contribution is -2.12. The van der Waals surface area contributed by atoms with Gasteiger partial charge in [0.15, 0.2) is 0 Å². The largest absolute Gasteiger partial charge is 0.507 e. The van der Waals surface area contributed by atoms with Crippen LogP contribution >= 0.6 is 0 Å². The van der Waals surface area contributed by atoms with Crippen LogP contribution in [0.3, 0.4) is 0 Å². The van der Waals surface area contributed by atoms with Crippen LogP contribution in [0.15, 0.2) is 12.1 Å². The molecule has 0 aliphatic heterocycles. The Balaban J connectivity index is 3.02. The summed E-state index contributed by atoms with van der Waals surface area (Å²) in [6, 6.07) is 4.17. The van der Waals surface area contributed by atoms with Crippen molar-refractivity contribution in [2.75, 3.05) is 6.54 Å². The molecule has 0 atom stereocenters. The summed E-state index contributed by atoms with van der Waals surface area (Å²) < 4.78 is 0. The Bertz CT molecular complexity index is 377. The van der Waals surface area contributed by atoms with Gasteiger partial charge >= 0.3 is 0 Å². The molecule has 0 amide bonds. The molecule has 0 saturated carbocycles. The number of benzene rings is 1. The second kappa shape index (κ2) is 5.54. The molecule has 0 fully saturated rings. The molecule has 96 valence electrons. The SMILES string of the molecule is Cc1cc(CCCCN)c(O)c(C(C)(C)C)c1. The fraction of sp³-hybridized carbons (Fsp3) is 0.600. The topological polar surface area (TPSA) is 46.2 Å². The van der Waals surface area contributed by atoms with Gasteiger partial charge in [-0.3, -0.25) is 0 Å². The number of aromatic hydroxyl groups is 1. The number of hydrogen-bond donors (Lipinski definition) is 2. The smallest absolute Gasteiger partial charge is 0.122 e. The second-order valence-electron chi connectivity index (χ2n) is 5.82. The summed E-state index contributed by atoms with van der Waals surface area (Å²) in [4.78, 5) is 0. The minimum Gasteiger partial charge on any atom is -0.507 e. The number of phenols is 1. The van der Waals surface area contributed by atoms with Gasteiger partial charge in [0.25, 0.3) is 0 Å². The minimum atomic E-state index is -0.0152. The van der Waals surface area contributed by atoms with Gasteiger partial charge in [-0.15, -0.1) is 0 Å². The molecule has 0 aliphatic carbocycles. The van der Waals surface area contributed by atoms with Crippen molar-refractivity contribution in [1.82, 2.24) is 0 Å². The Morgan fingerprint density at radius 3 is 2.35 bits per heavy atom. The van der Waals surface area contributed by atoms with E-state index in [0.29, 0.717) is 5.75 Å². The van der Waals surface area contributed by atoms with Crippen LogP contribution in [-0.4, -0.2) is 11.7 Å². The number of hydrogen-bond acceptors (Lipinski definition) is 2. The highest BCUT2D eigenvalue weighted by molar-refractivity contribution is 5.46. The average molecular weight is 235 g/mol. The molecule has 0 radical (unpaired) electrons. The summed E-state index contributed by atoms with van der Waals surface area (Å²) >= 11 is 0. The first kappa shape index (κ1) is 14.0. The first-order valence-electron chi connectivity index (χ1n) is 6.39. The van der Waals surface area contributed by atoms with Crippen molar-refractivity contribution in [1.29, 1.82) is 0 Å². The van der Waals surface area contributed by atoms with Crippen LogP contribution in [0, 0.1) is 6.92 Å². The summed E-state index contributed by atoms with van der Waals surface area (Å²) in [6.07, 6.45) is 2.96. The maximum absolute atomic E-state index is 10.3. The Morgan fingerprint density at radius 2 is 1.82 bits per heavy atom. The molecule has 17 heavy (non-hydrogen) atoms. The number of rotatable bonds is 4. The van der Waals surface area contributed by atoms with Gasteiger partial charge < -0.3 is 10.8 Å². The molecule has 0 bridgehead atoms. The number of nitrogens with two attached hydrogens (primary N) is 1. The van der Waals surface area contributed by atoms with E-state index in [2.05, 4.69) is 39.8 Å². The number of aryl methyl sites for hydroxylation is 2. The van der Waals surface area contributed by atoms with Gasteiger partial charge in [-0.2, -0.15) is 0 Å². The van der Waals surface area contributed by atoms with E-state index >= 15 is 0 Å². The van der Waals surface area contributed by atoms with Gasteiger partial charge in [0, 0.05) is 0 Å². The first-order chi connectivity index (χ1) is 7.86. The lowest BCUT2D eigenvalue weighted by atomic mass is 9.83. The van der Waals surface area contributed by atoms with Crippen molar-refractivity contribution in [3.63, 3.8) is 0 Å². The van der Waals surface area contributed by atoms with E-state index in [1.54, 1.807) is 0 Å². The third-order valence-corrected chi connectivity index (χ3v) is 3.04. The molecule has 0 aliphatic rings. The van der Waals surface area contributed by atoms with Gasteiger partial charge in [-0.1, -0.05) is 38.5 Å². The standard InChI is InChI=1S/C15H25NO/c1-11-9-12(7-5-6-8-16)14(17)13(10-11)15(2,3)4/h9-10,17H,5-8,16H2,1-4H3. The van der Waals surface area contributed by atoms with Crippen LogP contribution in [0.1, 0.15) is 50.3 Å². The summed E-state index contributed by atoms with van der Waals surface area (Å²) in [5, 5.41) is 10.3. The Labute approximate surface area is 105 Å². The van der Waals surface area contributed by atoms with E-state index in [-0.39, 0.29) is 5.41 Å². The average Bonchev–Trinajstić information content (AvgIpc) is 2.21. The molecule has 3 N–H and O–H groups in total. The molecule has 1 aromatic rings. The van der Waals surface area contributed by atoms with Crippen LogP contribution in [0.4, 0.5) is 0 Å². The highest BCUT2D eigenvalue weighted by Crippen LogP contribution is 2.34. The first-order valence-corrected chi connectivity index (χ1v) is 6.39. The molecule has 0 aromatic heterocycles. The quantitative estimate of drug-likeness (QED) is 0.787. The van der Waals surface area contributed by atoms with Crippen LogP contribution in [-0.2, 0) is 11.8 Å². The molecule has 0 saturated heterocycles. The zero-order valence-electron chi connectivity index (χ0n) is 11.5. The summed E-state index contributed by atoms with van der Waals surface area (Å²) in [5.41, 5.74) is 8.80. The Kier molecular flexibility index (Phi) is 4.58. The van der Waals surface area contributed by atoms with Crippen LogP contribution < -0.4 is 5.73 Å². The van der Waals surface area contributed by atoms with Crippen LogP contribution in [0.25, 0.3) is 0 Å². The van der Waals surface area contributed by atoms with Crippen molar-refractivity contribution < 1.29 is 5.11 Å². The lowest BCUT2D eigenvalue weighted by Gasteiger charge is -2.23. The van der Waals surface area contributed by atoms with Crippen molar-refractivity contribution in [3.8, 4) is 5.75 Å². The van der Waals surface area contributed by atoms with E-state index in [9.17, 15) is 5.11 Å². The molecular formula is C15H25NO. The molecular weight excluding hydrogens is 210 g/mol. The van der Waals surface area contributed by atoms with E-state index in [1.165, 1.54) is 5.56 Å². The third kappa shape index (κ3) is 3.74. The molecule has 0 unspecified atom stereocenters. The number of phenolic OH excluding ortho intramolecular Hbond substituents is 1. The highest BCUT2D eigenvalue weighted by Gasteiger charge is 2.20. The van der Waals surface area contributed by atoms with E-state index in [4.69, 9.17) is 5.73 Å². The zero-order chi connectivity index (χ0) is 13.1. The number of unbranched alkanes of at least 4 members (excludes halogenated alkanes) is 1. The van der Waals surface area contributed by atoms with Crippen molar-refractivity contribution in [2.45, 2.75) is 52.4 Å². The Hall–Kier alpha value is -1.02. The maximum Gasteiger partial charge on any atom is 0.122 e. The van der Waals surface area contributed by atoms with Gasteiger partial charge in [0.1, 0.15) is 5.75 Å². The second-order valence-corrected chi connectivity index (χ2v) is 5.82. The van der Waals surface area contributed by atoms with Crippen LogP contribution in [0.2, 0.25) is 0 Å². The molecule has 2 heteroatoms. The normalized spacial score (nSPS) is 11.8. The monoisotopic (exact) mass is 235 g/mol. The highest BCUT2D eigenvalue weighted by atomic mass is 16.3. The van der Waals surface area contributed by atoms with Gasteiger partial charge in [0.2, 0.25) is 0 Å². The Morgan fingerprint density at radius 1 is 1.18 bits per heavy atom. The maximum atomic E-state index is 10.3. The fourth-order valence-electron chi connectivity index (χ4n) is 2.08. The molecule has 1 rings (SSSR count). The summed E-state index contributed by atoms with van der Waals surface area (Å²) in [7, 11) is 0. The summed E-state index contributed by atoms with van der Waals surface area (Å²) in [6.45, 7) is 9.20. The predicted octanol–water partition coefficient (Wildman–Crippen LogP) is 3.28. The summed E-state index contributed by atoms with van der Waals surface area (Å²) in [5.74, 6) is 0.472. The van der Waals surface area contributed by atoms with Crippen LogP contribution in [0.5, 0.6) is 5.75 Å². The van der Waals surface area contributed by atoms with E-state index < -0.39 is 0 Å². The lowest BCUT2D eigenvalue weighted by molar-refractivity contribution is 0.439. The minimum absolute atomic E-state index is 0.0152. The van der Waals surface area contributed by atoms with Crippen molar-refractivity contribution in [3.05, 3.63) is 28.8 Å². The van der Waals surface area contributed by atoms with Crippen molar-refractivity contribution in [2.24, 2.45) is 5.73 Å². The molecule has 2 nitrogen and oxygen atoms in total. The van der Waals surface area contributed by atoms with E-state index in [1.807, 2.05) is 0 Å². The van der Waals surface area contributed by atoms with Gasteiger partial charge in [-0.05, 0) is 49.3 Å². The molecule has 0 spiro atoms. The van der Waals surface area contributed by atoms with Crippen molar-refractivity contribution >= 4 is 0 Å². The van der Waals surface area contributed by atoms with E-state index in [0.717, 1.165) is 36.9 Å². The zero-order valence-corrected chi connectivity index (χ0v) is 11.5. The van der Waals surface area contributed by atoms with Gasteiger partial charge in [0.05, 0.1) is 0 Å². The molecule has 1 aromatic carbocycles.